The van der Waals surface area contributed by atoms with Gasteiger partial charge in [0.2, 0.25) is 0 Å². The van der Waals surface area contributed by atoms with Crippen LogP contribution in [0.2, 0.25) is 0 Å². The molecule has 22 heavy (non-hydrogen) atoms. The van der Waals surface area contributed by atoms with E-state index in [0.717, 1.165) is 32.0 Å². The van der Waals surface area contributed by atoms with E-state index in [1.165, 1.54) is 12.3 Å². The second-order valence-electron chi connectivity index (χ2n) is 5.67. The summed E-state index contributed by atoms with van der Waals surface area (Å²) >= 11 is 0. The minimum Gasteiger partial charge on any atom is -0.433 e. The van der Waals surface area contributed by atoms with Gasteiger partial charge in [-0.3, -0.25) is 4.90 Å². The molecule has 1 aromatic rings. The van der Waals surface area contributed by atoms with Gasteiger partial charge in [0.1, 0.15) is 11.6 Å². The Morgan fingerprint density at radius 3 is 2.59 bits per heavy atom. The van der Waals surface area contributed by atoms with Gasteiger partial charge in [-0.15, -0.1) is 0 Å². The van der Waals surface area contributed by atoms with Gasteiger partial charge in [0.25, 0.3) is 0 Å². The van der Waals surface area contributed by atoms with E-state index >= 15 is 0 Å². The molecule has 0 bridgehead atoms. The van der Waals surface area contributed by atoms with Gasteiger partial charge < -0.3 is 14.4 Å². The first-order valence-electron chi connectivity index (χ1n) is 7.44. The van der Waals surface area contributed by atoms with E-state index in [2.05, 4.69) is 28.5 Å². The van der Waals surface area contributed by atoms with E-state index in [-0.39, 0.29) is 18.0 Å². The van der Waals surface area contributed by atoms with Crippen molar-refractivity contribution >= 4 is 5.82 Å². The monoisotopic (exact) mass is 315 g/mol. The number of halogens is 2. The smallest absolute Gasteiger partial charge is 0.387 e. The van der Waals surface area contributed by atoms with Crippen LogP contribution < -0.4 is 9.64 Å². The number of nitrogens with zero attached hydrogens (tertiary/aromatic N) is 3. The number of pyridine rings is 1. The number of anilines is 1. The van der Waals surface area contributed by atoms with Crippen molar-refractivity contribution in [2.75, 3.05) is 38.1 Å². The Morgan fingerprint density at radius 2 is 2.05 bits per heavy atom. The number of rotatable bonds is 6. The average Bonchev–Trinajstić information content (AvgIpc) is 2.44. The molecule has 0 spiro atoms. The van der Waals surface area contributed by atoms with E-state index in [4.69, 9.17) is 4.74 Å². The maximum Gasteiger partial charge on any atom is 0.387 e. The van der Waals surface area contributed by atoms with Crippen LogP contribution in [0, 0.1) is 0 Å². The van der Waals surface area contributed by atoms with Crippen LogP contribution in [0.15, 0.2) is 18.3 Å². The van der Waals surface area contributed by atoms with Crippen LogP contribution in [0.4, 0.5) is 14.6 Å². The number of morpholine rings is 1. The van der Waals surface area contributed by atoms with Gasteiger partial charge in [0, 0.05) is 33.2 Å². The first kappa shape index (κ1) is 16.9. The Kier molecular flexibility index (Phi) is 5.90. The highest BCUT2D eigenvalue weighted by atomic mass is 19.3. The van der Waals surface area contributed by atoms with Gasteiger partial charge in [-0.05, 0) is 26.0 Å². The summed E-state index contributed by atoms with van der Waals surface area (Å²) in [4.78, 5) is 8.51. The second-order valence-corrected chi connectivity index (χ2v) is 5.67. The summed E-state index contributed by atoms with van der Waals surface area (Å²) in [6.07, 6.45) is 1.81. The second kappa shape index (κ2) is 7.69. The number of hydrogen-bond donors (Lipinski definition) is 0. The molecule has 0 unspecified atom stereocenters. The van der Waals surface area contributed by atoms with Crippen molar-refractivity contribution < 1.29 is 18.3 Å². The Balaban J connectivity index is 1.82. The number of ether oxygens (including phenoxy) is 2. The first-order valence-corrected chi connectivity index (χ1v) is 7.44. The van der Waals surface area contributed by atoms with Crippen LogP contribution in [0.1, 0.15) is 13.8 Å². The average molecular weight is 315 g/mol. The predicted molar refractivity (Wildman–Crippen MR) is 80.6 cm³/mol. The lowest BCUT2D eigenvalue weighted by atomic mass is 10.2. The van der Waals surface area contributed by atoms with E-state index in [1.54, 1.807) is 6.07 Å². The minimum atomic E-state index is -2.82. The lowest BCUT2D eigenvalue weighted by molar-refractivity contribution is -0.0670. The van der Waals surface area contributed by atoms with Crippen LogP contribution in [-0.2, 0) is 4.74 Å². The lowest BCUT2D eigenvalue weighted by Gasteiger charge is -2.36. The molecule has 0 aliphatic carbocycles. The lowest BCUT2D eigenvalue weighted by Crippen LogP contribution is -2.47. The van der Waals surface area contributed by atoms with Crippen molar-refractivity contribution in [1.29, 1.82) is 0 Å². The van der Waals surface area contributed by atoms with Gasteiger partial charge in [0.05, 0.1) is 18.4 Å². The van der Waals surface area contributed by atoms with Crippen LogP contribution in [0.3, 0.4) is 0 Å². The minimum absolute atomic E-state index is 0.0722. The van der Waals surface area contributed by atoms with Gasteiger partial charge >= 0.3 is 6.61 Å². The van der Waals surface area contributed by atoms with Crippen molar-refractivity contribution in [3.8, 4) is 5.75 Å². The summed E-state index contributed by atoms with van der Waals surface area (Å²) in [6, 6.07) is 3.19. The SMILES string of the molecule is C[C@@H]1CN(CCN(C)c2ccc(OC(F)F)cn2)C[C@H](C)O1. The van der Waals surface area contributed by atoms with Crippen molar-refractivity contribution in [1.82, 2.24) is 9.88 Å². The molecule has 2 rings (SSSR count). The quantitative estimate of drug-likeness (QED) is 0.805. The number of aromatic nitrogens is 1. The molecule has 1 aromatic heterocycles. The zero-order valence-electron chi connectivity index (χ0n) is 13.2. The van der Waals surface area contributed by atoms with Crippen LogP contribution in [0.25, 0.3) is 0 Å². The Labute approximate surface area is 129 Å². The standard InChI is InChI=1S/C15H23F2N3O2/c1-11-9-20(10-12(2)21-11)7-6-19(3)14-5-4-13(8-18-14)22-15(16)17/h4-5,8,11-12,15H,6-7,9-10H2,1-3H3/t11-,12+. The molecule has 124 valence electrons. The molecule has 0 aromatic carbocycles. The van der Waals surface area contributed by atoms with E-state index in [1.807, 2.05) is 11.9 Å². The molecule has 7 heteroatoms. The van der Waals surface area contributed by atoms with Crippen molar-refractivity contribution in [2.24, 2.45) is 0 Å². The third-order valence-corrected chi connectivity index (χ3v) is 3.58. The Morgan fingerprint density at radius 1 is 1.36 bits per heavy atom. The summed E-state index contributed by atoms with van der Waals surface area (Å²) in [7, 11) is 1.93. The Hall–Kier alpha value is -1.47. The topological polar surface area (TPSA) is 37.8 Å². The van der Waals surface area contributed by atoms with Gasteiger partial charge in [-0.2, -0.15) is 8.78 Å². The molecule has 2 atom stereocenters. The zero-order chi connectivity index (χ0) is 16.1. The van der Waals surface area contributed by atoms with Gasteiger partial charge in [-0.1, -0.05) is 0 Å². The van der Waals surface area contributed by atoms with E-state index < -0.39 is 6.61 Å². The van der Waals surface area contributed by atoms with Crippen LogP contribution in [-0.4, -0.2) is 61.9 Å². The number of alkyl halides is 2. The largest absolute Gasteiger partial charge is 0.433 e. The maximum atomic E-state index is 12.1. The van der Waals surface area contributed by atoms with Crippen molar-refractivity contribution in [3.63, 3.8) is 0 Å². The van der Waals surface area contributed by atoms with E-state index in [0.29, 0.717) is 0 Å². The Bertz CT molecular complexity index is 449. The van der Waals surface area contributed by atoms with Gasteiger partial charge in [0.15, 0.2) is 0 Å². The third kappa shape index (κ3) is 5.06. The predicted octanol–water partition coefficient (Wildman–Crippen LogP) is 2.23. The highest BCUT2D eigenvalue weighted by Crippen LogP contribution is 2.17. The molecular weight excluding hydrogens is 292 g/mol. The molecular formula is C15H23F2N3O2. The molecule has 0 saturated carbocycles. The van der Waals surface area contributed by atoms with Crippen LogP contribution >= 0.6 is 0 Å². The fraction of sp³-hybridized carbons (Fsp3) is 0.667. The fourth-order valence-electron chi connectivity index (χ4n) is 2.64. The zero-order valence-corrected chi connectivity index (χ0v) is 13.2. The third-order valence-electron chi connectivity index (χ3n) is 3.58. The summed E-state index contributed by atoms with van der Waals surface area (Å²) < 4.78 is 34.2. The molecule has 1 fully saturated rings. The highest BCUT2D eigenvalue weighted by Gasteiger charge is 2.22. The summed E-state index contributed by atoms with van der Waals surface area (Å²) in [5, 5.41) is 0. The molecule has 1 saturated heterocycles. The van der Waals surface area contributed by atoms with Crippen molar-refractivity contribution in [2.45, 2.75) is 32.7 Å². The maximum absolute atomic E-state index is 12.1. The summed E-state index contributed by atoms with van der Waals surface area (Å²) in [5.41, 5.74) is 0. The van der Waals surface area contributed by atoms with Crippen LogP contribution in [0.5, 0.6) is 5.75 Å². The summed E-state index contributed by atoms with van der Waals surface area (Å²) in [5.74, 6) is 0.805. The molecule has 0 radical (unpaired) electrons. The summed E-state index contributed by atoms with van der Waals surface area (Å²) in [6.45, 7) is 4.90. The normalized spacial score (nSPS) is 22.8. The molecule has 0 amide bonds. The van der Waals surface area contributed by atoms with Gasteiger partial charge in [-0.25, -0.2) is 4.98 Å². The fourth-order valence-corrected chi connectivity index (χ4v) is 2.64. The number of hydrogen-bond acceptors (Lipinski definition) is 5. The van der Waals surface area contributed by atoms with E-state index in [9.17, 15) is 8.78 Å². The highest BCUT2D eigenvalue weighted by molar-refractivity contribution is 5.39. The first-order chi connectivity index (χ1) is 10.4. The molecule has 0 N–H and O–H groups in total. The molecule has 1 aliphatic rings. The molecule has 2 heterocycles. The molecule has 1 aliphatic heterocycles. The molecule has 5 nitrogen and oxygen atoms in total. The van der Waals surface area contributed by atoms with Crippen molar-refractivity contribution in [3.05, 3.63) is 18.3 Å². The number of likely N-dealkylation sites (N-methyl/N-ethyl adjacent to an activating group) is 1.